The first-order valence-corrected chi connectivity index (χ1v) is 11.3. The summed E-state index contributed by atoms with van der Waals surface area (Å²) in [7, 11) is 1.70. The van der Waals surface area contributed by atoms with Gasteiger partial charge < -0.3 is 15.0 Å². The fraction of sp³-hybridized carbons (Fsp3) is 0.348. The molecule has 3 aromatic heterocycles. The SMILES string of the molecule is CCCn1c(=O)c2[nH]c(-c3cc(OCC(=O)Nc4ccc(F)cc4)[n+](C)[nH]3)nc2n(CCC)c1=O. The van der Waals surface area contributed by atoms with E-state index < -0.39 is 17.3 Å². The summed E-state index contributed by atoms with van der Waals surface area (Å²) in [6, 6.07) is 7.04. The van der Waals surface area contributed by atoms with E-state index in [1.165, 1.54) is 33.4 Å². The normalized spacial score (nSPS) is 11.2. The molecular weight excluding hydrogens is 457 g/mol. The number of hydrogen-bond acceptors (Lipinski definition) is 5. The lowest BCUT2D eigenvalue weighted by Gasteiger charge is -2.09. The molecule has 3 heterocycles. The Kier molecular flexibility index (Phi) is 6.80. The minimum Gasteiger partial charge on any atom is -0.433 e. The van der Waals surface area contributed by atoms with E-state index in [9.17, 15) is 18.8 Å². The van der Waals surface area contributed by atoms with Crippen molar-refractivity contribution in [2.24, 2.45) is 7.05 Å². The third-order valence-electron chi connectivity index (χ3n) is 5.38. The van der Waals surface area contributed by atoms with Gasteiger partial charge in [-0.25, -0.2) is 14.2 Å². The van der Waals surface area contributed by atoms with Crippen LogP contribution in [0.2, 0.25) is 0 Å². The van der Waals surface area contributed by atoms with Crippen molar-refractivity contribution in [1.29, 1.82) is 0 Å². The Morgan fingerprint density at radius 2 is 1.83 bits per heavy atom. The average molecular weight is 485 g/mol. The number of anilines is 1. The number of nitrogens with zero attached hydrogens (tertiary/aromatic N) is 4. The minimum absolute atomic E-state index is 0.250. The van der Waals surface area contributed by atoms with Crippen LogP contribution in [0.3, 0.4) is 0 Å². The van der Waals surface area contributed by atoms with Gasteiger partial charge in [0.1, 0.15) is 17.0 Å². The van der Waals surface area contributed by atoms with E-state index in [1.54, 1.807) is 17.8 Å². The molecule has 0 atom stereocenters. The van der Waals surface area contributed by atoms with Gasteiger partial charge in [-0.15, -0.1) is 0 Å². The molecule has 0 fully saturated rings. The number of H-pyrrole nitrogens is 2. The second kappa shape index (κ2) is 9.95. The molecule has 12 heteroatoms. The number of amides is 1. The maximum atomic E-state index is 13.0. The molecule has 0 saturated carbocycles. The number of carbonyl (C=O) groups excluding carboxylic acids is 1. The van der Waals surface area contributed by atoms with E-state index >= 15 is 0 Å². The zero-order valence-electron chi connectivity index (χ0n) is 19.7. The van der Waals surface area contributed by atoms with Gasteiger partial charge in [0.2, 0.25) is 0 Å². The van der Waals surface area contributed by atoms with Crippen molar-refractivity contribution in [3.63, 3.8) is 0 Å². The first-order chi connectivity index (χ1) is 16.8. The Morgan fingerprint density at radius 1 is 1.14 bits per heavy atom. The predicted molar refractivity (Wildman–Crippen MR) is 127 cm³/mol. The van der Waals surface area contributed by atoms with Crippen molar-refractivity contribution in [2.45, 2.75) is 39.8 Å². The summed E-state index contributed by atoms with van der Waals surface area (Å²) in [6.45, 7) is 4.32. The molecule has 0 spiro atoms. The number of ether oxygens (including phenoxy) is 1. The molecule has 0 aliphatic heterocycles. The number of carbonyl (C=O) groups is 1. The monoisotopic (exact) mass is 484 g/mol. The van der Waals surface area contributed by atoms with Gasteiger partial charge in [-0.1, -0.05) is 18.5 Å². The van der Waals surface area contributed by atoms with Gasteiger partial charge in [-0.3, -0.25) is 18.7 Å². The minimum atomic E-state index is -0.414. The second-order valence-corrected chi connectivity index (χ2v) is 8.09. The molecule has 0 saturated heterocycles. The summed E-state index contributed by atoms with van der Waals surface area (Å²) >= 11 is 0. The Labute approximate surface area is 199 Å². The number of halogens is 1. The van der Waals surface area contributed by atoms with E-state index in [4.69, 9.17) is 4.74 Å². The van der Waals surface area contributed by atoms with E-state index in [1.807, 2.05) is 13.8 Å². The molecule has 0 radical (unpaired) electrons. The van der Waals surface area contributed by atoms with Gasteiger partial charge in [-0.05, 0) is 37.1 Å². The second-order valence-electron chi connectivity index (χ2n) is 8.09. The van der Waals surface area contributed by atoms with Gasteiger partial charge >= 0.3 is 11.6 Å². The maximum Gasteiger partial charge on any atom is 0.394 e. The largest absolute Gasteiger partial charge is 0.433 e. The molecule has 184 valence electrons. The number of hydrogen-bond donors (Lipinski definition) is 3. The van der Waals surface area contributed by atoms with Crippen LogP contribution >= 0.6 is 0 Å². The summed E-state index contributed by atoms with van der Waals surface area (Å²) in [6.07, 6.45) is 1.35. The number of nitrogens with one attached hydrogen (secondary N) is 3. The summed E-state index contributed by atoms with van der Waals surface area (Å²) in [5.74, 6) is -0.100. The van der Waals surface area contributed by atoms with E-state index in [0.29, 0.717) is 54.7 Å². The topological polar surface area (TPSA) is 131 Å². The van der Waals surface area contributed by atoms with Gasteiger partial charge in [0.15, 0.2) is 25.1 Å². The third kappa shape index (κ3) is 4.86. The summed E-state index contributed by atoms with van der Waals surface area (Å²) < 4.78 is 22.9. The molecule has 0 aliphatic carbocycles. The molecule has 11 nitrogen and oxygen atoms in total. The van der Waals surface area contributed by atoms with Gasteiger partial charge in [0.05, 0.1) is 6.07 Å². The first kappa shape index (κ1) is 23.9. The fourth-order valence-electron chi connectivity index (χ4n) is 3.76. The highest BCUT2D eigenvalue weighted by atomic mass is 19.1. The molecule has 0 aliphatic rings. The Morgan fingerprint density at radius 3 is 2.51 bits per heavy atom. The number of aromatic amines is 2. The molecule has 0 unspecified atom stereocenters. The van der Waals surface area contributed by atoms with Crippen molar-refractivity contribution in [1.82, 2.24) is 24.2 Å². The number of aromatic nitrogens is 6. The van der Waals surface area contributed by atoms with Crippen LogP contribution in [0.5, 0.6) is 5.88 Å². The molecule has 35 heavy (non-hydrogen) atoms. The van der Waals surface area contributed by atoms with E-state index in [0.717, 1.165) is 0 Å². The predicted octanol–water partition coefficient (Wildman–Crippen LogP) is 1.68. The van der Waals surface area contributed by atoms with Crippen molar-refractivity contribution >= 4 is 22.8 Å². The lowest BCUT2D eigenvalue weighted by atomic mass is 10.3. The highest BCUT2D eigenvalue weighted by Gasteiger charge is 2.22. The Bertz CT molecular complexity index is 1480. The van der Waals surface area contributed by atoms with Crippen LogP contribution in [-0.2, 0) is 24.9 Å². The number of benzene rings is 1. The quantitative estimate of drug-likeness (QED) is 0.311. The van der Waals surface area contributed by atoms with Crippen molar-refractivity contribution in [3.8, 4) is 17.4 Å². The molecular formula is C23H27FN7O4+. The standard InChI is InChI=1S/C23H26FN7O4/c1-4-10-30-21-19(22(33)31(11-5-2)23(30)34)26-20(27-21)16-12-18(29(3)28-16)35-13-17(32)25-15-8-6-14(24)7-9-15/h6-9,12H,4-5,10-11,13H2,1-3H3,(H2,25,26,27,28,32,33)/p+1. The van der Waals surface area contributed by atoms with Crippen LogP contribution in [-0.4, -0.2) is 36.7 Å². The number of fused-ring (bicyclic) bond motifs is 1. The Hall–Kier alpha value is -4.22. The highest BCUT2D eigenvalue weighted by molar-refractivity contribution is 5.91. The number of rotatable bonds is 9. The fourth-order valence-corrected chi connectivity index (χ4v) is 3.76. The smallest absolute Gasteiger partial charge is 0.394 e. The van der Waals surface area contributed by atoms with Crippen LogP contribution in [0.1, 0.15) is 26.7 Å². The highest BCUT2D eigenvalue weighted by Crippen LogP contribution is 2.19. The zero-order chi connectivity index (χ0) is 25.1. The van der Waals surface area contributed by atoms with Crippen molar-refractivity contribution in [3.05, 3.63) is 57.0 Å². The van der Waals surface area contributed by atoms with Crippen LogP contribution in [0.15, 0.2) is 39.9 Å². The summed E-state index contributed by atoms with van der Waals surface area (Å²) in [5.41, 5.74) is 0.714. The van der Waals surface area contributed by atoms with E-state index in [2.05, 4.69) is 20.4 Å². The van der Waals surface area contributed by atoms with Crippen LogP contribution < -0.4 is 26.0 Å². The maximum absolute atomic E-state index is 13.0. The number of aryl methyl sites for hydroxylation is 2. The van der Waals surface area contributed by atoms with Gasteiger partial charge in [-0.2, -0.15) is 5.10 Å². The molecule has 1 aromatic carbocycles. The molecule has 0 bridgehead atoms. The summed E-state index contributed by atoms with van der Waals surface area (Å²) in [5, 5.41) is 5.68. The Balaban J connectivity index is 1.59. The van der Waals surface area contributed by atoms with E-state index in [-0.39, 0.29) is 17.8 Å². The average Bonchev–Trinajstić information content (AvgIpc) is 3.44. The number of imidazole rings is 1. The molecule has 1 amide bonds. The van der Waals surface area contributed by atoms with Gasteiger partial charge in [0.25, 0.3) is 11.5 Å². The lowest BCUT2D eigenvalue weighted by Crippen LogP contribution is -2.40. The first-order valence-electron chi connectivity index (χ1n) is 11.3. The molecule has 4 aromatic rings. The zero-order valence-corrected chi connectivity index (χ0v) is 19.7. The molecule has 3 N–H and O–H groups in total. The summed E-state index contributed by atoms with van der Waals surface area (Å²) in [4.78, 5) is 45.5. The van der Waals surface area contributed by atoms with Crippen molar-refractivity contribution < 1.29 is 18.6 Å². The van der Waals surface area contributed by atoms with Crippen LogP contribution in [0.25, 0.3) is 22.7 Å². The lowest BCUT2D eigenvalue weighted by molar-refractivity contribution is -0.730. The third-order valence-corrected chi connectivity index (χ3v) is 5.38. The van der Waals surface area contributed by atoms with Crippen LogP contribution in [0, 0.1) is 5.82 Å². The van der Waals surface area contributed by atoms with Crippen LogP contribution in [0.4, 0.5) is 10.1 Å². The molecule has 4 rings (SSSR count). The van der Waals surface area contributed by atoms with Gasteiger partial charge in [0, 0.05) is 18.8 Å². The van der Waals surface area contributed by atoms with Crippen molar-refractivity contribution in [2.75, 3.05) is 11.9 Å².